The molecule has 0 saturated carbocycles. The first-order chi connectivity index (χ1) is 7.25. The predicted octanol–water partition coefficient (Wildman–Crippen LogP) is 3.33. The second kappa shape index (κ2) is 4.68. The Balaban J connectivity index is 2.11. The molecule has 2 nitrogen and oxygen atoms in total. The number of nitrogens with zero attached hydrogens (tertiary/aromatic N) is 1. The first-order valence-electron chi connectivity index (χ1n) is 4.42. The molecular weight excluding hydrogens is 274 g/mol. The third-order valence-corrected chi connectivity index (χ3v) is 3.64. The van der Waals surface area contributed by atoms with E-state index in [1.807, 2.05) is 11.4 Å². The standard InChI is InChI=1S/C11H8BrNOS/c12-9-4-10(15-7-9)5-11(14)8-2-1-3-13-6-8/h1-4,6-7H,5H2. The van der Waals surface area contributed by atoms with Crippen LogP contribution in [0.15, 0.2) is 40.4 Å². The maximum Gasteiger partial charge on any atom is 0.169 e. The molecule has 2 aromatic rings. The summed E-state index contributed by atoms with van der Waals surface area (Å²) in [7, 11) is 0. The smallest absolute Gasteiger partial charge is 0.169 e. The zero-order valence-corrected chi connectivity index (χ0v) is 10.2. The molecule has 0 spiro atoms. The minimum Gasteiger partial charge on any atom is -0.294 e. The summed E-state index contributed by atoms with van der Waals surface area (Å²) in [5.74, 6) is 0.109. The van der Waals surface area contributed by atoms with E-state index in [0.29, 0.717) is 12.0 Å². The molecule has 0 saturated heterocycles. The lowest BCUT2D eigenvalue weighted by atomic mass is 10.1. The van der Waals surface area contributed by atoms with E-state index in [-0.39, 0.29) is 5.78 Å². The van der Waals surface area contributed by atoms with Crippen LogP contribution in [0.4, 0.5) is 0 Å². The highest BCUT2D eigenvalue weighted by molar-refractivity contribution is 9.10. The number of ketones is 1. The summed E-state index contributed by atoms with van der Waals surface area (Å²) in [4.78, 5) is 16.8. The Hall–Kier alpha value is -1.00. The summed E-state index contributed by atoms with van der Waals surface area (Å²) in [6.07, 6.45) is 3.71. The maximum absolute atomic E-state index is 11.8. The number of aromatic nitrogens is 1. The van der Waals surface area contributed by atoms with Gasteiger partial charge in [-0.25, -0.2) is 0 Å². The number of rotatable bonds is 3. The lowest BCUT2D eigenvalue weighted by Crippen LogP contribution is -2.02. The SMILES string of the molecule is O=C(Cc1cc(Br)cs1)c1cccnc1. The van der Waals surface area contributed by atoms with Gasteiger partial charge in [-0.05, 0) is 34.1 Å². The van der Waals surface area contributed by atoms with Gasteiger partial charge in [-0.2, -0.15) is 0 Å². The van der Waals surface area contributed by atoms with Crippen LogP contribution in [-0.4, -0.2) is 10.8 Å². The molecular formula is C11H8BrNOS. The van der Waals surface area contributed by atoms with Gasteiger partial charge < -0.3 is 0 Å². The Labute approximate surface area is 100 Å². The average Bonchev–Trinajstić information content (AvgIpc) is 2.65. The molecule has 0 unspecified atom stereocenters. The molecule has 2 aromatic heterocycles. The van der Waals surface area contributed by atoms with Crippen molar-refractivity contribution in [3.05, 3.63) is 50.9 Å². The van der Waals surface area contributed by atoms with Gasteiger partial charge in [-0.3, -0.25) is 9.78 Å². The van der Waals surface area contributed by atoms with E-state index in [0.717, 1.165) is 9.35 Å². The van der Waals surface area contributed by atoms with Crippen LogP contribution in [0.25, 0.3) is 0 Å². The fourth-order valence-corrected chi connectivity index (χ4v) is 2.68. The van der Waals surface area contributed by atoms with Crippen molar-refractivity contribution in [2.24, 2.45) is 0 Å². The zero-order valence-electron chi connectivity index (χ0n) is 7.81. The van der Waals surface area contributed by atoms with Crippen molar-refractivity contribution >= 4 is 33.0 Å². The fourth-order valence-electron chi connectivity index (χ4n) is 1.23. The van der Waals surface area contributed by atoms with Gasteiger partial charge in [0.25, 0.3) is 0 Å². The monoisotopic (exact) mass is 281 g/mol. The van der Waals surface area contributed by atoms with Crippen LogP contribution in [0.1, 0.15) is 15.2 Å². The normalized spacial score (nSPS) is 10.2. The van der Waals surface area contributed by atoms with Gasteiger partial charge in [0, 0.05) is 39.1 Å². The summed E-state index contributed by atoms with van der Waals surface area (Å²) >= 11 is 4.95. The molecule has 0 radical (unpaired) electrons. The number of carbonyl (C=O) groups excluding carboxylic acids is 1. The van der Waals surface area contributed by atoms with Gasteiger partial charge in [-0.1, -0.05) is 0 Å². The van der Waals surface area contributed by atoms with E-state index < -0.39 is 0 Å². The predicted molar refractivity (Wildman–Crippen MR) is 64.3 cm³/mol. The number of hydrogen-bond acceptors (Lipinski definition) is 3. The Bertz CT molecular complexity index is 466. The van der Waals surface area contributed by atoms with Crippen LogP contribution in [0.5, 0.6) is 0 Å². The lowest BCUT2D eigenvalue weighted by molar-refractivity contribution is 0.0993. The first kappa shape index (κ1) is 10.5. The Morgan fingerprint density at radius 3 is 3.00 bits per heavy atom. The number of halogens is 1. The van der Waals surface area contributed by atoms with E-state index in [9.17, 15) is 4.79 Å². The minimum absolute atomic E-state index is 0.109. The van der Waals surface area contributed by atoms with Crippen molar-refractivity contribution in [2.45, 2.75) is 6.42 Å². The summed E-state index contributed by atoms with van der Waals surface area (Å²) in [5.41, 5.74) is 0.669. The van der Waals surface area contributed by atoms with Crippen molar-refractivity contribution in [1.82, 2.24) is 4.98 Å². The van der Waals surface area contributed by atoms with Crippen molar-refractivity contribution in [3.8, 4) is 0 Å². The van der Waals surface area contributed by atoms with E-state index in [1.54, 1.807) is 35.9 Å². The maximum atomic E-state index is 11.8. The third-order valence-electron chi connectivity index (χ3n) is 1.94. The van der Waals surface area contributed by atoms with Crippen LogP contribution in [0.2, 0.25) is 0 Å². The molecule has 0 aliphatic heterocycles. The topological polar surface area (TPSA) is 30.0 Å². The number of thiophene rings is 1. The molecule has 76 valence electrons. The Morgan fingerprint density at radius 1 is 1.53 bits per heavy atom. The number of carbonyl (C=O) groups is 1. The highest BCUT2D eigenvalue weighted by Crippen LogP contribution is 2.21. The van der Waals surface area contributed by atoms with Crippen molar-refractivity contribution in [3.63, 3.8) is 0 Å². The fraction of sp³-hybridized carbons (Fsp3) is 0.0909. The highest BCUT2D eigenvalue weighted by atomic mass is 79.9. The zero-order chi connectivity index (χ0) is 10.7. The third kappa shape index (κ3) is 2.73. The molecule has 4 heteroatoms. The van der Waals surface area contributed by atoms with Crippen molar-refractivity contribution < 1.29 is 4.79 Å². The molecule has 15 heavy (non-hydrogen) atoms. The van der Waals surface area contributed by atoms with Gasteiger partial charge in [-0.15, -0.1) is 11.3 Å². The van der Waals surface area contributed by atoms with Gasteiger partial charge in [0.1, 0.15) is 0 Å². The van der Waals surface area contributed by atoms with Crippen molar-refractivity contribution in [1.29, 1.82) is 0 Å². The Kier molecular flexibility index (Phi) is 3.28. The van der Waals surface area contributed by atoms with E-state index in [4.69, 9.17) is 0 Å². The number of pyridine rings is 1. The lowest BCUT2D eigenvalue weighted by Gasteiger charge is -1.97. The second-order valence-electron chi connectivity index (χ2n) is 3.07. The molecule has 2 heterocycles. The summed E-state index contributed by atoms with van der Waals surface area (Å²) in [6.45, 7) is 0. The van der Waals surface area contributed by atoms with Gasteiger partial charge in [0.05, 0.1) is 0 Å². The summed E-state index contributed by atoms with van der Waals surface area (Å²) in [5, 5.41) is 1.98. The first-order valence-corrected chi connectivity index (χ1v) is 6.09. The van der Waals surface area contributed by atoms with Gasteiger partial charge in [0.2, 0.25) is 0 Å². The molecule has 0 atom stereocenters. The van der Waals surface area contributed by atoms with Gasteiger partial charge >= 0.3 is 0 Å². The molecule has 0 aromatic carbocycles. The van der Waals surface area contributed by atoms with Crippen LogP contribution in [-0.2, 0) is 6.42 Å². The van der Waals surface area contributed by atoms with Crippen LogP contribution in [0.3, 0.4) is 0 Å². The second-order valence-corrected chi connectivity index (χ2v) is 4.98. The number of Topliss-reactive ketones (excluding diaryl/α,β-unsaturated/α-hetero) is 1. The van der Waals surface area contributed by atoms with Crippen LogP contribution < -0.4 is 0 Å². The highest BCUT2D eigenvalue weighted by Gasteiger charge is 2.08. The minimum atomic E-state index is 0.109. The van der Waals surface area contributed by atoms with Crippen LogP contribution >= 0.6 is 27.3 Å². The van der Waals surface area contributed by atoms with Crippen LogP contribution in [0, 0.1) is 0 Å². The van der Waals surface area contributed by atoms with E-state index in [2.05, 4.69) is 20.9 Å². The summed E-state index contributed by atoms with van der Waals surface area (Å²) < 4.78 is 1.03. The molecule has 0 aliphatic rings. The molecule has 0 N–H and O–H groups in total. The van der Waals surface area contributed by atoms with Gasteiger partial charge in [0.15, 0.2) is 5.78 Å². The van der Waals surface area contributed by atoms with E-state index >= 15 is 0 Å². The van der Waals surface area contributed by atoms with Crippen molar-refractivity contribution in [2.75, 3.05) is 0 Å². The molecule has 0 aliphatic carbocycles. The molecule has 2 rings (SSSR count). The largest absolute Gasteiger partial charge is 0.294 e. The average molecular weight is 282 g/mol. The molecule has 0 bridgehead atoms. The van der Waals surface area contributed by atoms with E-state index in [1.165, 1.54) is 0 Å². The quantitative estimate of drug-likeness (QED) is 0.808. The molecule has 0 fully saturated rings. The summed E-state index contributed by atoms with van der Waals surface area (Å²) in [6, 6.07) is 5.54. The Morgan fingerprint density at radius 2 is 2.40 bits per heavy atom. The molecule has 0 amide bonds. The number of hydrogen-bond donors (Lipinski definition) is 0.